The summed E-state index contributed by atoms with van der Waals surface area (Å²) in [6, 6.07) is 3.46. The van der Waals surface area contributed by atoms with Crippen LogP contribution in [0.15, 0.2) is 12.1 Å². The fraction of sp³-hybridized carbons (Fsp3) is 0.429. The largest absolute Gasteiger partial charge is 0.497 e. The zero-order valence-electron chi connectivity index (χ0n) is 11.6. The van der Waals surface area contributed by atoms with E-state index in [1.165, 1.54) is 26.0 Å². The topological polar surface area (TPSA) is 61.8 Å². The summed E-state index contributed by atoms with van der Waals surface area (Å²) in [6.45, 7) is 0. The number of benzene rings is 1. The van der Waals surface area contributed by atoms with Gasteiger partial charge in [-0.3, -0.25) is 9.59 Å². The van der Waals surface area contributed by atoms with E-state index in [0.29, 0.717) is 23.5 Å². The molecule has 1 aromatic carbocycles. The van der Waals surface area contributed by atoms with Crippen LogP contribution in [0.4, 0.5) is 0 Å². The van der Waals surface area contributed by atoms with Crippen LogP contribution in [0.2, 0.25) is 0 Å². The van der Waals surface area contributed by atoms with Crippen molar-refractivity contribution in [3.63, 3.8) is 0 Å². The third-order valence-electron chi connectivity index (χ3n) is 3.18. The predicted molar refractivity (Wildman–Crippen MR) is 75.8 cm³/mol. The van der Waals surface area contributed by atoms with Gasteiger partial charge in [0, 0.05) is 6.07 Å². The van der Waals surface area contributed by atoms with Crippen molar-refractivity contribution in [3.05, 3.63) is 23.3 Å². The maximum Gasteiger partial charge on any atom is 0.319 e. The van der Waals surface area contributed by atoms with E-state index in [0.717, 1.165) is 5.56 Å². The zero-order chi connectivity index (χ0) is 14.7. The summed E-state index contributed by atoms with van der Waals surface area (Å²) in [5.74, 6) is 0.947. The van der Waals surface area contributed by atoms with E-state index in [9.17, 15) is 9.59 Å². The van der Waals surface area contributed by atoms with Crippen molar-refractivity contribution in [1.29, 1.82) is 0 Å². The lowest BCUT2D eigenvalue weighted by Crippen LogP contribution is -2.21. The molecule has 108 valence electrons. The molecule has 0 spiro atoms. The van der Waals surface area contributed by atoms with Gasteiger partial charge in [0.15, 0.2) is 5.78 Å². The van der Waals surface area contributed by atoms with Gasteiger partial charge < -0.3 is 14.2 Å². The highest BCUT2D eigenvalue weighted by Crippen LogP contribution is 2.35. The molecule has 6 heteroatoms. The van der Waals surface area contributed by atoms with Gasteiger partial charge in [-0.15, -0.1) is 11.8 Å². The Morgan fingerprint density at radius 1 is 1.25 bits per heavy atom. The Hall–Kier alpha value is -1.69. The molecule has 0 saturated heterocycles. The smallest absolute Gasteiger partial charge is 0.319 e. The average Bonchev–Trinajstić information content (AvgIpc) is 2.64. The number of thioether (sulfide) groups is 1. The van der Waals surface area contributed by atoms with Gasteiger partial charge in [-0.25, -0.2) is 0 Å². The predicted octanol–water partition coefficient (Wildman–Crippen LogP) is 1.72. The highest BCUT2D eigenvalue weighted by Gasteiger charge is 2.30. The molecule has 1 atom stereocenters. The van der Waals surface area contributed by atoms with Crippen LogP contribution in [-0.2, 0) is 16.0 Å². The number of hydrogen-bond acceptors (Lipinski definition) is 6. The van der Waals surface area contributed by atoms with Crippen LogP contribution in [-0.4, -0.2) is 44.1 Å². The Bertz CT molecular complexity index is 541. The molecule has 0 bridgehead atoms. The van der Waals surface area contributed by atoms with Gasteiger partial charge in [0.1, 0.15) is 16.7 Å². The molecule has 1 aliphatic rings. The fourth-order valence-electron chi connectivity index (χ4n) is 2.19. The first-order valence-electron chi connectivity index (χ1n) is 6.08. The summed E-state index contributed by atoms with van der Waals surface area (Å²) >= 11 is 1.29. The molecule has 5 nitrogen and oxygen atoms in total. The number of ether oxygens (including phenoxy) is 3. The standard InChI is InChI=1S/C14H16O5S/c1-17-9-4-8-5-12(14(16)19-3)20-7-10(15)13(8)11(6-9)18-2/h4,6,12H,5,7H2,1-3H3. The van der Waals surface area contributed by atoms with Crippen LogP contribution in [0.3, 0.4) is 0 Å². The van der Waals surface area contributed by atoms with Gasteiger partial charge in [0.05, 0.1) is 32.6 Å². The van der Waals surface area contributed by atoms with Gasteiger partial charge in [0.2, 0.25) is 0 Å². The third kappa shape index (κ3) is 2.75. The van der Waals surface area contributed by atoms with Crippen molar-refractivity contribution < 1.29 is 23.8 Å². The SMILES string of the molecule is COC(=O)C1Cc2cc(OC)cc(OC)c2C(=O)CS1. The highest BCUT2D eigenvalue weighted by atomic mass is 32.2. The number of carbonyl (C=O) groups is 2. The molecule has 0 aliphatic carbocycles. The zero-order valence-corrected chi connectivity index (χ0v) is 12.4. The van der Waals surface area contributed by atoms with Crippen molar-refractivity contribution >= 4 is 23.5 Å². The fourth-order valence-corrected chi connectivity index (χ4v) is 3.22. The molecule has 0 amide bonds. The normalized spacial score (nSPS) is 17.9. The molecular weight excluding hydrogens is 280 g/mol. The Kier molecular flexibility index (Phi) is 4.54. The number of rotatable bonds is 3. The van der Waals surface area contributed by atoms with Crippen LogP contribution in [0, 0.1) is 0 Å². The van der Waals surface area contributed by atoms with E-state index >= 15 is 0 Å². The number of esters is 1. The average molecular weight is 296 g/mol. The molecule has 0 saturated carbocycles. The van der Waals surface area contributed by atoms with E-state index in [1.807, 2.05) is 0 Å². The molecule has 20 heavy (non-hydrogen) atoms. The second kappa shape index (κ2) is 6.17. The lowest BCUT2D eigenvalue weighted by Gasteiger charge is -2.14. The number of ketones is 1. The minimum atomic E-state index is -0.387. The first kappa shape index (κ1) is 14.7. The molecule has 1 heterocycles. The first-order valence-corrected chi connectivity index (χ1v) is 7.13. The monoisotopic (exact) mass is 296 g/mol. The molecule has 0 fully saturated rings. The van der Waals surface area contributed by atoms with Gasteiger partial charge in [-0.05, 0) is 18.1 Å². The summed E-state index contributed by atoms with van der Waals surface area (Å²) in [5, 5.41) is -0.387. The molecule has 1 aromatic rings. The minimum Gasteiger partial charge on any atom is -0.497 e. The first-order chi connectivity index (χ1) is 9.60. The summed E-state index contributed by atoms with van der Waals surface area (Å²) < 4.78 is 15.3. The van der Waals surface area contributed by atoms with Crippen LogP contribution < -0.4 is 9.47 Å². The van der Waals surface area contributed by atoms with Gasteiger partial charge in [-0.2, -0.15) is 0 Å². The third-order valence-corrected chi connectivity index (χ3v) is 4.37. The van der Waals surface area contributed by atoms with Crippen molar-refractivity contribution in [3.8, 4) is 11.5 Å². The van der Waals surface area contributed by atoms with Crippen molar-refractivity contribution in [2.75, 3.05) is 27.1 Å². The molecule has 1 unspecified atom stereocenters. The van der Waals surface area contributed by atoms with Crippen LogP contribution in [0.1, 0.15) is 15.9 Å². The van der Waals surface area contributed by atoms with E-state index in [4.69, 9.17) is 14.2 Å². The Balaban J connectivity index is 2.49. The summed E-state index contributed by atoms with van der Waals surface area (Å²) in [6.07, 6.45) is 0.423. The van der Waals surface area contributed by atoms with Crippen LogP contribution >= 0.6 is 11.8 Å². The van der Waals surface area contributed by atoms with E-state index < -0.39 is 0 Å². The van der Waals surface area contributed by atoms with Gasteiger partial charge in [0.25, 0.3) is 0 Å². The Morgan fingerprint density at radius 2 is 2.00 bits per heavy atom. The van der Waals surface area contributed by atoms with E-state index in [-0.39, 0.29) is 22.8 Å². The lowest BCUT2D eigenvalue weighted by atomic mass is 9.98. The molecule has 2 rings (SSSR count). The van der Waals surface area contributed by atoms with Crippen LogP contribution in [0.5, 0.6) is 11.5 Å². The summed E-state index contributed by atoms with van der Waals surface area (Å²) in [7, 11) is 4.41. The van der Waals surface area contributed by atoms with Crippen molar-refractivity contribution in [1.82, 2.24) is 0 Å². The lowest BCUT2D eigenvalue weighted by molar-refractivity contribution is -0.139. The van der Waals surface area contributed by atoms with E-state index in [2.05, 4.69) is 0 Å². The van der Waals surface area contributed by atoms with Crippen molar-refractivity contribution in [2.24, 2.45) is 0 Å². The second-order valence-electron chi connectivity index (χ2n) is 4.31. The second-order valence-corrected chi connectivity index (χ2v) is 5.50. The molecule has 0 N–H and O–H groups in total. The maximum atomic E-state index is 12.2. The molecule has 1 aliphatic heterocycles. The number of hydrogen-bond donors (Lipinski definition) is 0. The Morgan fingerprint density at radius 3 is 2.60 bits per heavy atom. The van der Waals surface area contributed by atoms with Crippen molar-refractivity contribution in [2.45, 2.75) is 11.7 Å². The molecule has 0 radical (unpaired) electrons. The van der Waals surface area contributed by atoms with Gasteiger partial charge in [-0.1, -0.05) is 0 Å². The number of methoxy groups -OCH3 is 3. The number of carbonyl (C=O) groups excluding carboxylic acids is 2. The summed E-state index contributed by atoms with van der Waals surface area (Å²) in [5.41, 5.74) is 1.29. The number of fused-ring (bicyclic) bond motifs is 1. The van der Waals surface area contributed by atoms with E-state index in [1.54, 1.807) is 19.2 Å². The summed E-state index contributed by atoms with van der Waals surface area (Å²) in [4.78, 5) is 24.0. The molecular formula is C14H16O5S. The Labute approximate surface area is 121 Å². The quantitative estimate of drug-likeness (QED) is 0.791. The number of Topliss-reactive ketones (excluding diaryl/α,β-unsaturated/α-hetero) is 1. The van der Waals surface area contributed by atoms with Gasteiger partial charge >= 0.3 is 5.97 Å². The maximum absolute atomic E-state index is 12.2. The highest BCUT2D eigenvalue weighted by molar-refractivity contribution is 8.01. The molecule has 0 aromatic heterocycles. The minimum absolute atomic E-state index is 0.0455. The van der Waals surface area contributed by atoms with Crippen LogP contribution in [0.25, 0.3) is 0 Å².